The van der Waals surface area contributed by atoms with Gasteiger partial charge in [0.1, 0.15) is 5.52 Å². The lowest BCUT2D eigenvalue weighted by atomic mass is 10.3. The van der Waals surface area contributed by atoms with Crippen LogP contribution in [0.3, 0.4) is 0 Å². The van der Waals surface area contributed by atoms with E-state index in [0.717, 1.165) is 11.0 Å². The molecule has 0 atom stereocenters. The van der Waals surface area contributed by atoms with Gasteiger partial charge in [0.25, 0.3) is 0 Å². The van der Waals surface area contributed by atoms with E-state index < -0.39 is 0 Å². The van der Waals surface area contributed by atoms with E-state index in [1.165, 1.54) is 0 Å². The summed E-state index contributed by atoms with van der Waals surface area (Å²) in [5.74, 6) is 0.635. The first-order valence-corrected chi connectivity index (χ1v) is 3.60. The van der Waals surface area contributed by atoms with Gasteiger partial charge in [-0.05, 0) is 18.2 Å². The molecule has 0 N–H and O–H groups in total. The maximum atomic E-state index is 4.20. The van der Waals surface area contributed by atoms with Crippen molar-refractivity contribution in [1.82, 2.24) is 15.0 Å². The number of nitrogens with zero attached hydrogens (tertiary/aromatic N) is 3. The Morgan fingerprint density at radius 1 is 1.25 bits per heavy atom. The van der Waals surface area contributed by atoms with Gasteiger partial charge < -0.3 is 0 Å². The Bertz CT molecular complexity index is 423. The largest absolute Gasteiger partial charge is 0.253 e. The fourth-order valence-corrected chi connectivity index (χ4v) is 0.981. The third-order valence-corrected chi connectivity index (χ3v) is 1.55. The van der Waals surface area contributed by atoms with Gasteiger partial charge in [-0.15, -0.1) is 0 Å². The highest BCUT2D eigenvalue weighted by molar-refractivity contribution is 5.73. The van der Waals surface area contributed by atoms with Crippen molar-refractivity contribution in [3.05, 3.63) is 36.9 Å². The zero-order chi connectivity index (χ0) is 8.39. The molecule has 58 valence electrons. The number of aromatic nitrogens is 3. The van der Waals surface area contributed by atoms with Gasteiger partial charge in [-0.3, -0.25) is 4.98 Å². The highest BCUT2D eigenvalue weighted by atomic mass is 14.9. The molecule has 0 bridgehead atoms. The van der Waals surface area contributed by atoms with Gasteiger partial charge in [-0.2, -0.15) is 0 Å². The van der Waals surface area contributed by atoms with Gasteiger partial charge >= 0.3 is 0 Å². The highest BCUT2D eigenvalue weighted by Crippen LogP contribution is 2.06. The fourth-order valence-electron chi connectivity index (χ4n) is 0.981. The summed E-state index contributed by atoms with van der Waals surface area (Å²) in [7, 11) is 0. The zero-order valence-corrected chi connectivity index (χ0v) is 6.44. The first kappa shape index (κ1) is 6.91. The quantitative estimate of drug-likeness (QED) is 0.632. The molecule has 0 saturated heterocycles. The minimum Gasteiger partial charge on any atom is -0.253 e. The first-order chi connectivity index (χ1) is 5.90. The molecule has 2 aromatic rings. The Labute approximate surface area is 69.8 Å². The van der Waals surface area contributed by atoms with Crippen molar-refractivity contribution in [1.29, 1.82) is 0 Å². The van der Waals surface area contributed by atoms with Crippen molar-refractivity contribution in [2.24, 2.45) is 0 Å². The van der Waals surface area contributed by atoms with Crippen LogP contribution < -0.4 is 0 Å². The molecule has 0 fully saturated rings. The maximum Gasteiger partial charge on any atom is 0.152 e. The summed E-state index contributed by atoms with van der Waals surface area (Å²) < 4.78 is 0. The molecule has 0 saturated carbocycles. The number of rotatable bonds is 1. The van der Waals surface area contributed by atoms with E-state index in [0.29, 0.717) is 5.82 Å². The van der Waals surface area contributed by atoms with Gasteiger partial charge in [0.15, 0.2) is 5.82 Å². The van der Waals surface area contributed by atoms with Crippen LogP contribution in [-0.4, -0.2) is 15.0 Å². The zero-order valence-electron chi connectivity index (χ0n) is 6.44. The fraction of sp³-hybridized carbons (Fsp3) is 0. The second-order valence-corrected chi connectivity index (χ2v) is 2.34. The van der Waals surface area contributed by atoms with E-state index in [1.54, 1.807) is 18.5 Å². The van der Waals surface area contributed by atoms with Crippen LogP contribution in [0.5, 0.6) is 0 Å². The number of fused-ring (bicyclic) bond motifs is 1. The van der Waals surface area contributed by atoms with Crippen molar-refractivity contribution in [3.8, 4) is 0 Å². The molecule has 0 aliphatic carbocycles. The second-order valence-electron chi connectivity index (χ2n) is 2.34. The summed E-state index contributed by atoms with van der Waals surface area (Å²) >= 11 is 0. The second kappa shape index (κ2) is 2.70. The molecule has 3 heteroatoms. The van der Waals surface area contributed by atoms with Crippen LogP contribution in [0.15, 0.2) is 31.1 Å². The Morgan fingerprint density at radius 2 is 2.17 bits per heavy atom. The highest BCUT2D eigenvalue weighted by Gasteiger charge is 1.95. The van der Waals surface area contributed by atoms with Crippen molar-refractivity contribution in [2.45, 2.75) is 0 Å². The summed E-state index contributed by atoms with van der Waals surface area (Å²) in [6.45, 7) is 3.59. The third kappa shape index (κ3) is 1.05. The predicted octanol–water partition coefficient (Wildman–Crippen LogP) is 1.67. The Balaban J connectivity index is 2.75. The molecule has 0 aliphatic heterocycles. The van der Waals surface area contributed by atoms with Crippen LogP contribution >= 0.6 is 0 Å². The van der Waals surface area contributed by atoms with E-state index >= 15 is 0 Å². The summed E-state index contributed by atoms with van der Waals surface area (Å²) in [5.41, 5.74) is 1.66. The Kier molecular flexibility index (Phi) is 1.55. The molecular formula is C9H7N3. The van der Waals surface area contributed by atoms with E-state index in [4.69, 9.17) is 0 Å². The van der Waals surface area contributed by atoms with Crippen LogP contribution in [0.4, 0.5) is 0 Å². The molecule has 0 amide bonds. The van der Waals surface area contributed by atoms with Crippen LogP contribution in [0.2, 0.25) is 0 Å². The Hall–Kier alpha value is -1.77. The third-order valence-electron chi connectivity index (χ3n) is 1.55. The molecular weight excluding hydrogens is 150 g/mol. The molecule has 0 radical (unpaired) electrons. The van der Waals surface area contributed by atoms with E-state index in [-0.39, 0.29) is 0 Å². The lowest BCUT2D eigenvalue weighted by Crippen LogP contribution is -1.88. The van der Waals surface area contributed by atoms with E-state index in [2.05, 4.69) is 21.5 Å². The molecule has 0 spiro atoms. The molecule has 12 heavy (non-hydrogen) atoms. The van der Waals surface area contributed by atoms with Crippen molar-refractivity contribution in [2.75, 3.05) is 0 Å². The van der Waals surface area contributed by atoms with Crippen LogP contribution in [0.1, 0.15) is 5.82 Å². The van der Waals surface area contributed by atoms with Crippen molar-refractivity contribution in [3.63, 3.8) is 0 Å². The maximum absolute atomic E-state index is 4.20. The molecule has 0 aliphatic rings. The van der Waals surface area contributed by atoms with Crippen LogP contribution in [0, 0.1) is 0 Å². The molecule has 3 nitrogen and oxygen atoms in total. The van der Waals surface area contributed by atoms with E-state index in [1.807, 2.05) is 12.1 Å². The summed E-state index contributed by atoms with van der Waals surface area (Å²) in [5, 5.41) is 0. The average Bonchev–Trinajstić information content (AvgIpc) is 2.17. The standard InChI is InChI=1S/C9H7N3/c1-2-9-11-6-8-7(12-9)4-3-5-10-8/h2-6H,1H2. The van der Waals surface area contributed by atoms with Crippen LogP contribution in [-0.2, 0) is 0 Å². The van der Waals surface area contributed by atoms with Crippen molar-refractivity contribution < 1.29 is 0 Å². The minimum absolute atomic E-state index is 0.635. The average molecular weight is 157 g/mol. The SMILES string of the molecule is C=Cc1ncc2ncccc2n1. The monoisotopic (exact) mass is 157 g/mol. The minimum atomic E-state index is 0.635. The van der Waals surface area contributed by atoms with Gasteiger partial charge in [0.2, 0.25) is 0 Å². The molecule has 2 rings (SSSR count). The lowest BCUT2D eigenvalue weighted by molar-refractivity contribution is 1.17. The number of hydrogen-bond acceptors (Lipinski definition) is 3. The van der Waals surface area contributed by atoms with Gasteiger partial charge in [0, 0.05) is 6.20 Å². The predicted molar refractivity (Wildman–Crippen MR) is 47.4 cm³/mol. The normalized spacial score (nSPS) is 10.0. The molecule has 2 aromatic heterocycles. The van der Waals surface area contributed by atoms with E-state index in [9.17, 15) is 0 Å². The molecule has 0 unspecified atom stereocenters. The Morgan fingerprint density at radius 3 is 3.00 bits per heavy atom. The van der Waals surface area contributed by atoms with Gasteiger partial charge in [-0.1, -0.05) is 6.58 Å². The molecule has 0 aromatic carbocycles. The summed E-state index contributed by atoms with van der Waals surface area (Å²) in [6.07, 6.45) is 5.03. The number of pyridine rings is 1. The van der Waals surface area contributed by atoms with Crippen molar-refractivity contribution >= 4 is 17.1 Å². The summed E-state index contributed by atoms with van der Waals surface area (Å²) in [6, 6.07) is 3.75. The first-order valence-electron chi connectivity index (χ1n) is 3.60. The molecule has 2 heterocycles. The van der Waals surface area contributed by atoms with Gasteiger partial charge in [0.05, 0.1) is 11.7 Å². The lowest BCUT2D eigenvalue weighted by Gasteiger charge is -1.95. The van der Waals surface area contributed by atoms with Gasteiger partial charge in [-0.25, -0.2) is 9.97 Å². The topological polar surface area (TPSA) is 38.7 Å². The number of hydrogen-bond donors (Lipinski definition) is 0. The summed E-state index contributed by atoms with van der Waals surface area (Å²) in [4.78, 5) is 12.3. The smallest absolute Gasteiger partial charge is 0.152 e. The van der Waals surface area contributed by atoms with Crippen LogP contribution in [0.25, 0.3) is 17.1 Å².